The quantitative estimate of drug-likeness (QED) is 0.617. The second-order valence-corrected chi connectivity index (χ2v) is 5.46. The van der Waals surface area contributed by atoms with Crippen LogP contribution in [0.1, 0.15) is 23.3 Å². The summed E-state index contributed by atoms with van der Waals surface area (Å²) in [7, 11) is 0. The summed E-state index contributed by atoms with van der Waals surface area (Å²) in [5.41, 5.74) is 2.60. The fraction of sp³-hybridized carbons (Fsp3) is 0.267. The lowest BCUT2D eigenvalue weighted by atomic mass is 10.1. The number of nitrogens with zero attached hydrogens (tertiary/aromatic N) is 5. The van der Waals surface area contributed by atoms with E-state index in [9.17, 15) is 4.79 Å². The zero-order chi connectivity index (χ0) is 16.4. The normalized spacial score (nSPS) is 16.6. The van der Waals surface area contributed by atoms with Crippen molar-refractivity contribution in [3.05, 3.63) is 53.9 Å². The Bertz CT molecular complexity index is 840. The molecule has 1 atom stereocenters. The lowest BCUT2D eigenvalue weighted by molar-refractivity contribution is -0.123. The second-order valence-electron chi connectivity index (χ2n) is 5.46. The number of hydrogen-bond donors (Lipinski definition) is 3. The number of rotatable bonds is 4. The molecule has 3 aromatic rings. The summed E-state index contributed by atoms with van der Waals surface area (Å²) in [6, 6.07) is 9.09. The van der Waals surface area contributed by atoms with Crippen molar-refractivity contribution in [3.63, 3.8) is 0 Å². The van der Waals surface area contributed by atoms with Crippen molar-refractivity contribution in [1.29, 1.82) is 0 Å². The van der Waals surface area contributed by atoms with Crippen LogP contribution in [0.5, 0.6) is 0 Å². The molecule has 9 heteroatoms. The molecule has 24 heavy (non-hydrogen) atoms. The summed E-state index contributed by atoms with van der Waals surface area (Å²) < 4.78 is 1.61. The molecule has 122 valence electrons. The van der Waals surface area contributed by atoms with E-state index in [1.165, 1.54) is 0 Å². The predicted octanol–water partition coefficient (Wildman–Crippen LogP) is -0.111. The summed E-state index contributed by atoms with van der Waals surface area (Å²) in [4.78, 5) is 19.8. The zero-order valence-corrected chi connectivity index (χ0v) is 12.8. The smallest absolute Gasteiger partial charge is 0.243 e. The molecule has 1 aliphatic rings. The van der Waals surface area contributed by atoms with Crippen molar-refractivity contribution in [2.75, 3.05) is 6.54 Å². The minimum atomic E-state index is -0.457. The van der Waals surface area contributed by atoms with Gasteiger partial charge >= 0.3 is 0 Å². The van der Waals surface area contributed by atoms with Gasteiger partial charge in [-0.1, -0.05) is 18.2 Å². The standard InChI is InChI=1S/C15H16N8O/c24-15(14-13-11(6-7-16-14)18-9-19-13)17-8-12-20-21-22-23(12)10-4-2-1-3-5-10/h1-5,9,14,16H,6-8H2,(H,17,24)(H,18,19)/t14-/m1/s1. The Balaban J connectivity index is 1.47. The van der Waals surface area contributed by atoms with Gasteiger partial charge in [-0.2, -0.15) is 4.68 Å². The molecule has 2 aromatic heterocycles. The minimum absolute atomic E-state index is 0.148. The summed E-state index contributed by atoms with van der Waals surface area (Å²) >= 11 is 0. The third kappa shape index (κ3) is 2.65. The molecule has 0 aliphatic carbocycles. The van der Waals surface area contributed by atoms with Crippen molar-refractivity contribution in [1.82, 2.24) is 40.8 Å². The first-order chi connectivity index (χ1) is 11.8. The molecule has 0 saturated carbocycles. The van der Waals surface area contributed by atoms with Gasteiger partial charge < -0.3 is 15.6 Å². The van der Waals surface area contributed by atoms with Crippen LogP contribution in [0.4, 0.5) is 0 Å². The van der Waals surface area contributed by atoms with Crippen LogP contribution >= 0.6 is 0 Å². The van der Waals surface area contributed by atoms with Crippen LogP contribution in [0, 0.1) is 0 Å². The van der Waals surface area contributed by atoms with E-state index in [-0.39, 0.29) is 12.5 Å². The Morgan fingerprint density at radius 1 is 1.33 bits per heavy atom. The maximum absolute atomic E-state index is 12.5. The van der Waals surface area contributed by atoms with Gasteiger partial charge in [0.2, 0.25) is 5.91 Å². The number of carbonyl (C=O) groups excluding carboxylic acids is 1. The van der Waals surface area contributed by atoms with E-state index in [4.69, 9.17) is 0 Å². The average molecular weight is 324 g/mol. The van der Waals surface area contributed by atoms with Crippen LogP contribution in [0.15, 0.2) is 36.7 Å². The monoisotopic (exact) mass is 324 g/mol. The van der Waals surface area contributed by atoms with Crippen molar-refractivity contribution in [2.24, 2.45) is 0 Å². The lowest BCUT2D eigenvalue weighted by Crippen LogP contribution is -2.41. The van der Waals surface area contributed by atoms with E-state index in [0.29, 0.717) is 5.82 Å². The number of imidazole rings is 1. The SMILES string of the molecule is O=C(NCc1nnnn1-c1ccccc1)[C@@H]1NCCc2[nH]cnc21. The largest absolute Gasteiger partial charge is 0.348 e. The number of nitrogens with one attached hydrogen (secondary N) is 3. The van der Waals surface area contributed by atoms with E-state index < -0.39 is 6.04 Å². The molecule has 0 spiro atoms. The van der Waals surface area contributed by atoms with Crippen molar-refractivity contribution in [3.8, 4) is 5.69 Å². The van der Waals surface area contributed by atoms with Crippen LogP contribution in [0.3, 0.4) is 0 Å². The molecule has 0 bridgehead atoms. The second kappa shape index (κ2) is 6.20. The number of aromatic amines is 1. The molecule has 3 heterocycles. The van der Waals surface area contributed by atoms with Crippen LogP contribution in [0.2, 0.25) is 0 Å². The van der Waals surface area contributed by atoms with Gasteiger partial charge in [-0.15, -0.1) is 5.10 Å². The first kappa shape index (κ1) is 14.5. The van der Waals surface area contributed by atoms with Gasteiger partial charge in [0.15, 0.2) is 5.82 Å². The topological polar surface area (TPSA) is 113 Å². The number of tetrazole rings is 1. The van der Waals surface area contributed by atoms with E-state index in [1.807, 2.05) is 30.3 Å². The lowest BCUT2D eigenvalue weighted by Gasteiger charge is -2.22. The zero-order valence-electron chi connectivity index (χ0n) is 12.8. The van der Waals surface area contributed by atoms with Gasteiger partial charge in [0.05, 0.1) is 24.3 Å². The molecule has 0 saturated heterocycles. The van der Waals surface area contributed by atoms with E-state index in [1.54, 1.807) is 11.0 Å². The van der Waals surface area contributed by atoms with Gasteiger partial charge in [0, 0.05) is 18.7 Å². The average Bonchev–Trinajstić information content (AvgIpc) is 3.29. The van der Waals surface area contributed by atoms with Gasteiger partial charge in [-0.3, -0.25) is 4.79 Å². The number of amides is 1. The van der Waals surface area contributed by atoms with Crippen molar-refractivity contribution in [2.45, 2.75) is 19.0 Å². The first-order valence-electron chi connectivity index (χ1n) is 7.69. The molecule has 1 amide bonds. The first-order valence-corrected chi connectivity index (χ1v) is 7.69. The fourth-order valence-electron chi connectivity index (χ4n) is 2.79. The Morgan fingerprint density at radius 3 is 3.08 bits per heavy atom. The maximum Gasteiger partial charge on any atom is 0.243 e. The molecule has 4 rings (SSSR count). The van der Waals surface area contributed by atoms with E-state index >= 15 is 0 Å². The fourth-order valence-corrected chi connectivity index (χ4v) is 2.79. The van der Waals surface area contributed by atoms with Crippen LogP contribution in [-0.2, 0) is 17.8 Å². The number of para-hydroxylation sites is 1. The molecule has 0 fully saturated rings. The number of hydrogen-bond acceptors (Lipinski definition) is 6. The Kier molecular flexibility index (Phi) is 3.75. The highest BCUT2D eigenvalue weighted by Crippen LogP contribution is 2.19. The number of aromatic nitrogens is 6. The van der Waals surface area contributed by atoms with Crippen LogP contribution in [-0.4, -0.2) is 42.6 Å². The van der Waals surface area contributed by atoms with Gasteiger partial charge in [-0.25, -0.2) is 4.98 Å². The summed E-state index contributed by atoms with van der Waals surface area (Å²) in [5.74, 6) is 0.415. The number of carbonyl (C=O) groups is 1. The van der Waals surface area contributed by atoms with Gasteiger partial charge in [-0.05, 0) is 22.6 Å². The van der Waals surface area contributed by atoms with Crippen LogP contribution in [0.25, 0.3) is 5.69 Å². The molecule has 1 aliphatic heterocycles. The Hall–Kier alpha value is -3.07. The molecule has 9 nitrogen and oxygen atoms in total. The highest BCUT2D eigenvalue weighted by molar-refractivity contribution is 5.83. The number of benzene rings is 1. The highest BCUT2D eigenvalue weighted by Gasteiger charge is 2.28. The maximum atomic E-state index is 12.5. The summed E-state index contributed by atoms with van der Waals surface area (Å²) in [5, 5.41) is 17.7. The highest BCUT2D eigenvalue weighted by atomic mass is 16.2. The third-order valence-corrected chi connectivity index (χ3v) is 3.97. The molecule has 1 aromatic carbocycles. The number of H-pyrrole nitrogens is 1. The minimum Gasteiger partial charge on any atom is -0.348 e. The molecule has 3 N–H and O–H groups in total. The van der Waals surface area contributed by atoms with Gasteiger partial charge in [0.25, 0.3) is 0 Å². The van der Waals surface area contributed by atoms with E-state index in [2.05, 4.69) is 36.1 Å². The van der Waals surface area contributed by atoms with E-state index in [0.717, 1.165) is 30.0 Å². The molecular weight excluding hydrogens is 308 g/mol. The van der Waals surface area contributed by atoms with Crippen molar-refractivity contribution < 1.29 is 4.79 Å². The Labute approximate surface area is 137 Å². The Morgan fingerprint density at radius 2 is 2.21 bits per heavy atom. The molecular formula is C15H16N8O. The van der Waals surface area contributed by atoms with Crippen molar-refractivity contribution >= 4 is 5.91 Å². The van der Waals surface area contributed by atoms with Crippen LogP contribution < -0.4 is 10.6 Å². The molecule has 0 radical (unpaired) electrons. The summed E-state index contributed by atoms with van der Waals surface area (Å²) in [6.07, 6.45) is 2.46. The summed E-state index contributed by atoms with van der Waals surface area (Å²) in [6.45, 7) is 0.966. The molecule has 0 unspecified atom stereocenters. The predicted molar refractivity (Wildman–Crippen MR) is 84.0 cm³/mol. The number of fused-ring (bicyclic) bond motifs is 1. The third-order valence-electron chi connectivity index (χ3n) is 3.97. The van der Waals surface area contributed by atoms with Gasteiger partial charge in [0.1, 0.15) is 6.04 Å².